The second-order valence-corrected chi connectivity index (χ2v) is 6.90. The van der Waals surface area contributed by atoms with E-state index in [0.717, 1.165) is 10.2 Å². The summed E-state index contributed by atoms with van der Waals surface area (Å²) >= 11 is 14.7. The number of anilines is 2. The van der Waals surface area contributed by atoms with Crippen molar-refractivity contribution in [3.05, 3.63) is 75.6 Å². The Bertz CT molecular complexity index is 915. The summed E-state index contributed by atoms with van der Waals surface area (Å²) in [6.45, 7) is 0.321. The van der Waals surface area contributed by atoms with Crippen LogP contribution in [-0.2, 0) is 6.54 Å². The SMILES string of the molecule is Fc1ccccc1Cn1cc(Br)c(NC(=S)Nc2cccc(Cl)c2)n1. The molecule has 0 unspecified atom stereocenters. The number of halogens is 3. The van der Waals surface area contributed by atoms with Gasteiger partial charge in [0.25, 0.3) is 0 Å². The monoisotopic (exact) mass is 438 g/mol. The second kappa shape index (κ2) is 7.95. The smallest absolute Gasteiger partial charge is 0.176 e. The van der Waals surface area contributed by atoms with Gasteiger partial charge in [-0.2, -0.15) is 5.10 Å². The van der Waals surface area contributed by atoms with Crippen LogP contribution in [0.4, 0.5) is 15.9 Å². The van der Waals surface area contributed by atoms with Gasteiger partial charge in [0.1, 0.15) is 5.82 Å². The normalized spacial score (nSPS) is 10.5. The molecule has 8 heteroatoms. The first-order valence-electron chi connectivity index (χ1n) is 7.31. The van der Waals surface area contributed by atoms with Crippen molar-refractivity contribution in [3.63, 3.8) is 0 Å². The van der Waals surface area contributed by atoms with Crippen molar-refractivity contribution in [2.75, 3.05) is 10.6 Å². The third-order valence-electron chi connectivity index (χ3n) is 3.32. The van der Waals surface area contributed by atoms with E-state index in [1.54, 1.807) is 41.2 Å². The first kappa shape index (κ1) is 17.8. The van der Waals surface area contributed by atoms with Gasteiger partial charge in [-0.15, -0.1) is 0 Å². The molecule has 3 aromatic rings. The highest BCUT2D eigenvalue weighted by atomic mass is 79.9. The number of nitrogens with zero attached hydrogens (tertiary/aromatic N) is 2. The summed E-state index contributed by atoms with van der Waals surface area (Å²) in [6.07, 6.45) is 1.76. The molecule has 0 atom stereocenters. The molecule has 4 nitrogen and oxygen atoms in total. The van der Waals surface area contributed by atoms with E-state index >= 15 is 0 Å². The zero-order chi connectivity index (χ0) is 17.8. The van der Waals surface area contributed by atoms with Crippen molar-refractivity contribution in [2.45, 2.75) is 6.54 Å². The first-order chi connectivity index (χ1) is 12.0. The van der Waals surface area contributed by atoms with Crippen molar-refractivity contribution >= 4 is 56.4 Å². The van der Waals surface area contributed by atoms with Crippen LogP contribution in [0.3, 0.4) is 0 Å². The number of nitrogens with one attached hydrogen (secondary N) is 2. The quantitative estimate of drug-likeness (QED) is 0.542. The highest BCUT2D eigenvalue weighted by Crippen LogP contribution is 2.22. The van der Waals surface area contributed by atoms with Crippen LogP contribution in [0.1, 0.15) is 5.56 Å². The van der Waals surface area contributed by atoms with Gasteiger partial charge in [-0.3, -0.25) is 4.68 Å². The minimum atomic E-state index is -0.262. The minimum Gasteiger partial charge on any atom is -0.332 e. The summed E-state index contributed by atoms with van der Waals surface area (Å²) in [7, 11) is 0. The van der Waals surface area contributed by atoms with Gasteiger partial charge in [-0.05, 0) is 52.4 Å². The summed E-state index contributed by atoms with van der Waals surface area (Å²) in [4.78, 5) is 0. The summed E-state index contributed by atoms with van der Waals surface area (Å²) in [5.74, 6) is 0.276. The molecule has 0 saturated carbocycles. The highest BCUT2D eigenvalue weighted by Gasteiger charge is 2.10. The molecule has 25 heavy (non-hydrogen) atoms. The van der Waals surface area contributed by atoms with E-state index in [-0.39, 0.29) is 5.82 Å². The number of aromatic nitrogens is 2. The molecule has 0 aliphatic rings. The van der Waals surface area contributed by atoms with Gasteiger partial charge in [0.15, 0.2) is 10.9 Å². The molecule has 0 aliphatic heterocycles. The fourth-order valence-electron chi connectivity index (χ4n) is 2.20. The Morgan fingerprint density at radius 2 is 2.00 bits per heavy atom. The third kappa shape index (κ3) is 4.78. The molecule has 128 valence electrons. The lowest BCUT2D eigenvalue weighted by Crippen LogP contribution is -2.19. The predicted molar refractivity (Wildman–Crippen MR) is 107 cm³/mol. The van der Waals surface area contributed by atoms with Crippen LogP contribution in [0.5, 0.6) is 0 Å². The van der Waals surface area contributed by atoms with E-state index in [1.807, 2.05) is 12.1 Å². The minimum absolute atomic E-state index is 0.262. The Morgan fingerprint density at radius 3 is 2.76 bits per heavy atom. The van der Waals surface area contributed by atoms with Crippen molar-refractivity contribution in [1.29, 1.82) is 0 Å². The molecule has 0 spiro atoms. The van der Waals surface area contributed by atoms with Gasteiger partial charge in [-0.25, -0.2) is 4.39 Å². The van der Waals surface area contributed by atoms with E-state index in [0.29, 0.717) is 28.1 Å². The van der Waals surface area contributed by atoms with Crippen LogP contribution < -0.4 is 10.6 Å². The molecule has 1 heterocycles. The fourth-order valence-corrected chi connectivity index (χ4v) is 3.02. The number of benzene rings is 2. The molecular formula is C17H13BrClFN4S. The number of hydrogen-bond acceptors (Lipinski definition) is 2. The first-order valence-corrected chi connectivity index (χ1v) is 8.89. The van der Waals surface area contributed by atoms with E-state index in [9.17, 15) is 4.39 Å². The Balaban J connectivity index is 1.68. The lowest BCUT2D eigenvalue weighted by molar-refractivity contribution is 0.586. The van der Waals surface area contributed by atoms with Crippen LogP contribution in [0.2, 0.25) is 5.02 Å². The summed E-state index contributed by atoms with van der Waals surface area (Å²) in [5, 5.41) is 11.4. The van der Waals surface area contributed by atoms with Crippen molar-refractivity contribution in [2.24, 2.45) is 0 Å². The second-order valence-electron chi connectivity index (χ2n) is 5.20. The maximum absolute atomic E-state index is 13.8. The Hall–Kier alpha value is -1.96. The average Bonchev–Trinajstić information content (AvgIpc) is 2.89. The molecule has 2 N–H and O–H groups in total. The molecular weight excluding hydrogens is 427 g/mol. The molecule has 0 amide bonds. The highest BCUT2D eigenvalue weighted by molar-refractivity contribution is 9.10. The summed E-state index contributed by atoms with van der Waals surface area (Å²) in [6, 6.07) is 13.8. The standard InChI is InChI=1S/C17H13BrClFN4S/c18-14-10-24(9-11-4-1-2-7-15(11)20)23-16(14)22-17(25)21-13-6-3-5-12(19)8-13/h1-8,10H,9H2,(H2,21,22,23,25). The number of thiocarbonyl (C=S) groups is 1. The fraction of sp³-hybridized carbons (Fsp3) is 0.0588. The lowest BCUT2D eigenvalue weighted by Gasteiger charge is -2.09. The van der Waals surface area contributed by atoms with Gasteiger partial charge in [-0.1, -0.05) is 35.9 Å². The van der Waals surface area contributed by atoms with Crippen LogP contribution >= 0.6 is 39.7 Å². The molecule has 0 aliphatic carbocycles. The largest absolute Gasteiger partial charge is 0.332 e. The Kier molecular flexibility index (Phi) is 5.67. The van der Waals surface area contributed by atoms with E-state index < -0.39 is 0 Å². The van der Waals surface area contributed by atoms with Crippen molar-refractivity contribution in [1.82, 2.24) is 9.78 Å². The lowest BCUT2D eigenvalue weighted by atomic mass is 10.2. The topological polar surface area (TPSA) is 41.9 Å². The van der Waals surface area contributed by atoms with Crippen LogP contribution in [0.15, 0.2) is 59.2 Å². The van der Waals surface area contributed by atoms with E-state index in [4.69, 9.17) is 23.8 Å². The number of rotatable bonds is 4. The Morgan fingerprint density at radius 1 is 1.20 bits per heavy atom. The number of hydrogen-bond donors (Lipinski definition) is 2. The predicted octanol–water partition coefficient (Wildman–Crippen LogP) is 5.30. The van der Waals surface area contributed by atoms with Crippen LogP contribution in [-0.4, -0.2) is 14.9 Å². The van der Waals surface area contributed by atoms with Gasteiger partial charge in [0, 0.05) is 22.5 Å². The molecule has 2 aromatic carbocycles. The molecule has 3 rings (SSSR count). The maximum atomic E-state index is 13.8. The Labute approximate surface area is 163 Å². The van der Waals surface area contributed by atoms with Gasteiger partial charge in [0.2, 0.25) is 0 Å². The van der Waals surface area contributed by atoms with Gasteiger partial charge < -0.3 is 10.6 Å². The van der Waals surface area contributed by atoms with Gasteiger partial charge in [0.05, 0.1) is 11.0 Å². The average molecular weight is 440 g/mol. The van der Waals surface area contributed by atoms with Crippen LogP contribution in [0, 0.1) is 5.82 Å². The van der Waals surface area contributed by atoms with E-state index in [2.05, 4.69) is 31.7 Å². The third-order valence-corrected chi connectivity index (χ3v) is 4.34. The molecule has 0 fully saturated rings. The van der Waals surface area contributed by atoms with Crippen molar-refractivity contribution in [3.8, 4) is 0 Å². The summed E-state index contributed by atoms with van der Waals surface area (Å²) < 4.78 is 16.1. The van der Waals surface area contributed by atoms with Crippen molar-refractivity contribution < 1.29 is 4.39 Å². The van der Waals surface area contributed by atoms with Gasteiger partial charge >= 0.3 is 0 Å². The molecule has 1 aromatic heterocycles. The van der Waals surface area contributed by atoms with Crippen LogP contribution in [0.25, 0.3) is 0 Å². The molecule has 0 saturated heterocycles. The molecule has 0 radical (unpaired) electrons. The summed E-state index contributed by atoms with van der Waals surface area (Å²) in [5.41, 5.74) is 1.33. The maximum Gasteiger partial charge on any atom is 0.176 e. The zero-order valence-electron chi connectivity index (χ0n) is 12.8. The van der Waals surface area contributed by atoms with E-state index in [1.165, 1.54) is 6.07 Å². The molecule has 0 bridgehead atoms. The zero-order valence-corrected chi connectivity index (χ0v) is 16.0.